The number of hydrogen-bond acceptors (Lipinski definition) is 10. The molecule has 0 amide bonds. The number of ether oxygens (including phenoxy) is 10. The second kappa shape index (κ2) is 21.7. The molecule has 10 heteroatoms. The maximum atomic E-state index is 7.10. The molecule has 3 heterocycles. The van der Waals surface area contributed by atoms with E-state index in [0.29, 0.717) is 39.6 Å². The zero-order valence-corrected chi connectivity index (χ0v) is 35.9. The highest BCUT2D eigenvalue weighted by Gasteiger charge is 2.67. The molecule has 3 fully saturated rings. The van der Waals surface area contributed by atoms with Gasteiger partial charge < -0.3 is 47.4 Å². The highest BCUT2D eigenvalue weighted by Crippen LogP contribution is 2.47. The minimum atomic E-state index is -1.14. The van der Waals surface area contributed by atoms with Crippen LogP contribution in [-0.2, 0) is 87.0 Å². The van der Waals surface area contributed by atoms with Crippen molar-refractivity contribution in [2.45, 2.75) is 87.8 Å². The predicted molar refractivity (Wildman–Crippen MR) is 239 cm³/mol. The first-order valence-corrected chi connectivity index (χ1v) is 22.1. The Bertz CT molecular complexity index is 2000. The summed E-state index contributed by atoms with van der Waals surface area (Å²) in [7, 11) is 0. The van der Waals surface area contributed by atoms with E-state index in [-0.39, 0.29) is 26.4 Å². The van der Waals surface area contributed by atoms with E-state index in [1.807, 2.05) is 182 Å². The molecule has 3 aliphatic heterocycles. The van der Waals surface area contributed by atoms with Crippen molar-refractivity contribution in [2.75, 3.05) is 26.4 Å². The Kier molecular flexibility index (Phi) is 15.0. The SMILES string of the molecule is c1ccc(COCC2(COCc3ccccc3)O[C@@H]3O[C@H]4[C@@H](O[C@@H]3[C@H]2OCc2ccccc2)OC(COCc2ccccc2)(COCc2ccccc2)[C@@H]4OCc2ccccc2)cc1. The molecule has 64 heavy (non-hydrogen) atoms. The van der Waals surface area contributed by atoms with Crippen molar-refractivity contribution in [1.82, 2.24) is 0 Å². The Labute approximate surface area is 375 Å². The van der Waals surface area contributed by atoms with Crippen LogP contribution in [0.5, 0.6) is 0 Å². The topological polar surface area (TPSA) is 92.3 Å². The van der Waals surface area contributed by atoms with E-state index in [1.165, 1.54) is 0 Å². The molecular formula is C54H56O10. The maximum absolute atomic E-state index is 7.10. The number of benzene rings is 6. The Morgan fingerprint density at radius 3 is 0.797 bits per heavy atom. The van der Waals surface area contributed by atoms with Crippen molar-refractivity contribution < 1.29 is 47.4 Å². The van der Waals surface area contributed by atoms with Crippen molar-refractivity contribution in [3.8, 4) is 0 Å². The Hall–Kier alpha value is -5.08. The van der Waals surface area contributed by atoms with Crippen LogP contribution >= 0.6 is 0 Å². The molecule has 9 rings (SSSR count). The van der Waals surface area contributed by atoms with E-state index in [9.17, 15) is 0 Å². The van der Waals surface area contributed by atoms with Crippen molar-refractivity contribution >= 4 is 0 Å². The van der Waals surface area contributed by atoms with E-state index >= 15 is 0 Å². The van der Waals surface area contributed by atoms with Gasteiger partial charge >= 0.3 is 0 Å². The van der Waals surface area contributed by atoms with Gasteiger partial charge in [-0.05, 0) is 33.4 Å². The lowest BCUT2D eigenvalue weighted by atomic mass is 9.94. The van der Waals surface area contributed by atoms with Gasteiger partial charge in [0, 0.05) is 0 Å². The smallest absolute Gasteiger partial charge is 0.188 e. The van der Waals surface area contributed by atoms with Crippen LogP contribution in [0.3, 0.4) is 0 Å². The zero-order valence-electron chi connectivity index (χ0n) is 35.9. The third-order valence-corrected chi connectivity index (χ3v) is 11.8. The Morgan fingerprint density at radius 1 is 0.312 bits per heavy atom. The van der Waals surface area contributed by atoms with Crippen LogP contribution in [0.4, 0.5) is 0 Å². The lowest BCUT2D eigenvalue weighted by Crippen LogP contribution is -2.55. The second-order valence-electron chi connectivity index (χ2n) is 16.7. The lowest BCUT2D eigenvalue weighted by molar-refractivity contribution is -0.328. The minimum Gasteiger partial charge on any atom is -0.374 e. The largest absolute Gasteiger partial charge is 0.374 e. The number of hydrogen-bond donors (Lipinski definition) is 0. The fourth-order valence-electron chi connectivity index (χ4n) is 8.63. The highest BCUT2D eigenvalue weighted by atomic mass is 16.8. The number of rotatable bonds is 22. The number of fused-ring (bicyclic) bond motifs is 2. The molecule has 0 radical (unpaired) electrons. The van der Waals surface area contributed by atoms with Gasteiger partial charge in [-0.3, -0.25) is 0 Å². The van der Waals surface area contributed by atoms with Crippen molar-refractivity contribution in [3.05, 3.63) is 215 Å². The Morgan fingerprint density at radius 2 is 0.547 bits per heavy atom. The maximum Gasteiger partial charge on any atom is 0.188 e. The summed E-state index contributed by atoms with van der Waals surface area (Å²) in [6.07, 6.45) is -4.63. The highest BCUT2D eigenvalue weighted by molar-refractivity contribution is 5.19. The third kappa shape index (κ3) is 11.0. The van der Waals surface area contributed by atoms with Crippen molar-refractivity contribution in [2.24, 2.45) is 0 Å². The summed E-state index contributed by atoms with van der Waals surface area (Å²) < 4.78 is 68.2. The molecule has 332 valence electrons. The van der Waals surface area contributed by atoms with E-state index in [4.69, 9.17) is 47.4 Å². The fourth-order valence-corrected chi connectivity index (χ4v) is 8.63. The quantitative estimate of drug-likeness (QED) is 0.0659. The minimum absolute atomic E-state index is 0.143. The molecular weight excluding hydrogens is 809 g/mol. The van der Waals surface area contributed by atoms with Crippen molar-refractivity contribution in [1.29, 1.82) is 0 Å². The summed E-state index contributed by atoms with van der Waals surface area (Å²) in [6, 6.07) is 60.4. The van der Waals surface area contributed by atoms with Gasteiger partial charge in [-0.25, -0.2) is 0 Å². The summed E-state index contributed by atoms with van der Waals surface area (Å²) in [5, 5.41) is 0. The van der Waals surface area contributed by atoms with E-state index in [1.54, 1.807) is 0 Å². The van der Waals surface area contributed by atoms with Gasteiger partial charge in [0.15, 0.2) is 12.6 Å². The van der Waals surface area contributed by atoms with Gasteiger partial charge in [0.1, 0.15) is 35.6 Å². The summed E-state index contributed by atoms with van der Waals surface area (Å²) in [4.78, 5) is 0. The molecule has 0 aliphatic carbocycles. The predicted octanol–water partition coefficient (Wildman–Crippen LogP) is 9.00. The first kappa shape index (κ1) is 44.1. The third-order valence-electron chi connectivity index (χ3n) is 11.8. The van der Waals surface area contributed by atoms with E-state index in [2.05, 4.69) is 0 Å². The average molecular weight is 865 g/mol. The molecule has 0 aromatic heterocycles. The molecule has 3 aliphatic rings. The van der Waals surface area contributed by atoms with Gasteiger partial charge in [0.25, 0.3) is 0 Å². The van der Waals surface area contributed by atoms with Gasteiger partial charge in [-0.2, -0.15) is 0 Å². The lowest BCUT2D eigenvalue weighted by Gasteiger charge is -2.37. The zero-order chi connectivity index (χ0) is 43.3. The molecule has 0 spiro atoms. The van der Waals surface area contributed by atoms with E-state index < -0.39 is 48.2 Å². The molecule has 6 aromatic rings. The normalized spacial score (nSPS) is 23.1. The average Bonchev–Trinajstić information content (AvgIpc) is 3.80. The van der Waals surface area contributed by atoms with Crippen LogP contribution in [-0.4, -0.2) is 74.6 Å². The van der Waals surface area contributed by atoms with Crippen LogP contribution in [0.15, 0.2) is 182 Å². The molecule has 0 N–H and O–H groups in total. The molecule has 6 aromatic carbocycles. The summed E-state index contributed by atoms with van der Waals surface area (Å²) >= 11 is 0. The second-order valence-corrected chi connectivity index (χ2v) is 16.7. The molecule has 10 nitrogen and oxygen atoms in total. The van der Waals surface area contributed by atoms with Gasteiger partial charge in [-0.15, -0.1) is 0 Å². The first-order valence-electron chi connectivity index (χ1n) is 22.1. The molecule has 3 saturated heterocycles. The fraction of sp³-hybridized carbons (Fsp3) is 0.333. The van der Waals surface area contributed by atoms with E-state index in [0.717, 1.165) is 33.4 Å². The summed E-state index contributed by atoms with van der Waals surface area (Å²) in [5.41, 5.74) is 3.87. The molecule has 6 atom stereocenters. The first-order chi connectivity index (χ1) is 31.6. The van der Waals surface area contributed by atoms with Crippen molar-refractivity contribution in [3.63, 3.8) is 0 Å². The van der Waals surface area contributed by atoms with Crippen LogP contribution in [0.25, 0.3) is 0 Å². The molecule has 0 saturated carbocycles. The van der Waals surface area contributed by atoms with Crippen LogP contribution in [0, 0.1) is 0 Å². The molecule has 0 bridgehead atoms. The Balaban J connectivity index is 1.02. The summed E-state index contributed by atoms with van der Waals surface area (Å²) in [5.74, 6) is 0. The van der Waals surface area contributed by atoms with Gasteiger partial charge in [0.2, 0.25) is 0 Å². The van der Waals surface area contributed by atoms with Crippen LogP contribution < -0.4 is 0 Å². The standard InChI is InChI=1S/C54H56O10/c1-7-19-41(20-8-1)31-55-37-53(38-56-32-42-21-9-2-10-22-42)49(59-35-45-27-15-5-16-28-45)47-51(63-53)62-48-50(60-36-46-29-17-6-18-30-46)54(64-52(48)61-47,39-57-33-43-23-11-3-12-24-43)40-58-34-44-25-13-4-14-26-44/h1-30,47-52H,31-40H2/t47-,48-,49-,50-,51+,52+/m1/s1. The monoisotopic (exact) mass is 864 g/mol. The van der Waals surface area contributed by atoms with Crippen LogP contribution in [0.2, 0.25) is 0 Å². The van der Waals surface area contributed by atoms with Gasteiger partial charge in [0.05, 0.1) is 66.1 Å². The summed E-state index contributed by atoms with van der Waals surface area (Å²) in [6.45, 7) is 2.63. The van der Waals surface area contributed by atoms with Gasteiger partial charge in [-0.1, -0.05) is 182 Å². The molecule has 0 unspecified atom stereocenters. The van der Waals surface area contributed by atoms with Crippen LogP contribution in [0.1, 0.15) is 33.4 Å².